The first-order chi connectivity index (χ1) is 13.2. The van der Waals surface area contributed by atoms with Crippen molar-refractivity contribution in [1.82, 2.24) is 24.8 Å². The Morgan fingerprint density at radius 1 is 1.11 bits per heavy atom. The number of hydrogen-bond acceptors (Lipinski definition) is 6. The summed E-state index contributed by atoms with van der Waals surface area (Å²) in [5, 5.41) is 8.76. The van der Waals surface area contributed by atoms with Crippen molar-refractivity contribution in [3.8, 4) is 0 Å². The number of hydrogen-bond donors (Lipinski definition) is 1. The van der Waals surface area contributed by atoms with Crippen LogP contribution < -0.4 is 5.32 Å². The number of nitrogens with one attached hydrogen (secondary N) is 1. The highest BCUT2D eigenvalue weighted by Gasteiger charge is 2.42. The molecule has 2 fully saturated rings. The summed E-state index contributed by atoms with van der Waals surface area (Å²) in [6.07, 6.45) is 10.6. The fourth-order valence-electron chi connectivity index (χ4n) is 3.75. The summed E-state index contributed by atoms with van der Waals surface area (Å²) in [5.74, 6) is -0.344. The van der Waals surface area contributed by atoms with Crippen molar-refractivity contribution in [2.24, 2.45) is 0 Å². The van der Waals surface area contributed by atoms with E-state index in [-0.39, 0.29) is 23.9 Å². The van der Waals surface area contributed by atoms with Crippen molar-refractivity contribution in [3.63, 3.8) is 0 Å². The van der Waals surface area contributed by atoms with Crippen molar-refractivity contribution >= 4 is 23.3 Å². The minimum Gasteiger partial charge on any atom is -0.351 e. The van der Waals surface area contributed by atoms with Gasteiger partial charge in [-0.25, -0.2) is 0 Å². The van der Waals surface area contributed by atoms with Crippen LogP contribution in [0.25, 0.3) is 0 Å². The quantitative estimate of drug-likeness (QED) is 0.826. The lowest BCUT2D eigenvalue weighted by molar-refractivity contribution is -0.127. The molecule has 0 saturated heterocycles. The molecule has 8 heteroatoms. The van der Waals surface area contributed by atoms with Crippen LogP contribution in [0.5, 0.6) is 0 Å². The Bertz CT molecular complexity index is 773. The van der Waals surface area contributed by atoms with Crippen LogP contribution in [0, 0.1) is 0 Å². The van der Waals surface area contributed by atoms with Crippen molar-refractivity contribution in [3.05, 3.63) is 41.2 Å². The highest BCUT2D eigenvalue weighted by atomic mass is 32.1. The third-order valence-corrected chi connectivity index (χ3v) is 5.76. The van der Waals surface area contributed by atoms with Gasteiger partial charge < -0.3 is 10.2 Å². The van der Waals surface area contributed by atoms with Gasteiger partial charge >= 0.3 is 0 Å². The van der Waals surface area contributed by atoms with Gasteiger partial charge in [0.1, 0.15) is 6.04 Å². The number of carbonyl (C=O) groups is 2. The van der Waals surface area contributed by atoms with Crippen LogP contribution in [0.4, 0.5) is 0 Å². The van der Waals surface area contributed by atoms with E-state index in [0.717, 1.165) is 55.6 Å². The molecule has 2 saturated carbocycles. The molecule has 2 amide bonds. The molecule has 1 atom stereocenters. The third-order valence-electron chi connectivity index (χ3n) is 5.25. The summed E-state index contributed by atoms with van der Waals surface area (Å²) >= 11 is 1.14. The molecule has 142 valence electrons. The number of aromatic nitrogens is 3. The van der Waals surface area contributed by atoms with Gasteiger partial charge in [0.05, 0.1) is 0 Å². The maximum atomic E-state index is 13.3. The Kier molecular flexibility index (Phi) is 5.42. The van der Waals surface area contributed by atoms with Crippen LogP contribution in [0.2, 0.25) is 0 Å². The average Bonchev–Trinajstić information content (AvgIpc) is 3.38. The Hall–Kier alpha value is -2.35. The van der Waals surface area contributed by atoms with Crippen LogP contribution in [0.3, 0.4) is 0 Å². The largest absolute Gasteiger partial charge is 0.351 e. The molecule has 0 aliphatic heterocycles. The van der Waals surface area contributed by atoms with Crippen molar-refractivity contribution in [2.45, 2.75) is 63.1 Å². The summed E-state index contributed by atoms with van der Waals surface area (Å²) in [7, 11) is 0. The van der Waals surface area contributed by atoms with E-state index >= 15 is 0 Å². The maximum absolute atomic E-state index is 13.3. The van der Waals surface area contributed by atoms with Gasteiger partial charge in [0.25, 0.3) is 5.91 Å². The average molecular weight is 385 g/mol. The van der Waals surface area contributed by atoms with Gasteiger partial charge in [0.15, 0.2) is 5.69 Å². The molecule has 2 heterocycles. The van der Waals surface area contributed by atoms with E-state index in [2.05, 4.69) is 19.9 Å². The highest BCUT2D eigenvalue weighted by Crippen LogP contribution is 2.36. The van der Waals surface area contributed by atoms with Crippen molar-refractivity contribution in [2.75, 3.05) is 0 Å². The number of pyridine rings is 1. The van der Waals surface area contributed by atoms with Gasteiger partial charge in [-0.15, -0.1) is 5.10 Å². The topological polar surface area (TPSA) is 88.1 Å². The van der Waals surface area contributed by atoms with Crippen LogP contribution in [-0.2, 0) is 4.79 Å². The first kappa shape index (κ1) is 18.0. The molecule has 0 unspecified atom stereocenters. The number of carbonyl (C=O) groups excluding carboxylic acids is 2. The zero-order chi connectivity index (χ0) is 18.6. The van der Waals surface area contributed by atoms with Crippen molar-refractivity contribution in [1.29, 1.82) is 0 Å². The molecule has 1 N–H and O–H groups in total. The first-order valence-corrected chi connectivity index (χ1v) is 10.4. The third kappa shape index (κ3) is 4.16. The second-order valence-electron chi connectivity index (χ2n) is 7.26. The maximum Gasteiger partial charge on any atom is 0.276 e. The first-order valence-electron chi connectivity index (χ1n) is 9.54. The molecule has 27 heavy (non-hydrogen) atoms. The van der Waals surface area contributed by atoms with Gasteiger partial charge in [0.2, 0.25) is 5.91 Å². The monoisotopic (exact) mass is 385 g/mol. The fourth-order valence-corrected chi connectivity index (χ4v) is 4.18. The predicted octanol–water partition coefficient (Wildman–Crippen LogP) is 2.73. The summed E-state index contributed by atoms with van der Waals surface area (Å²) in [5.41, 5.74) is 1.08. The lowest BCUT2D eigenvalue weighted by Crippen LogP contribution is -2.48. The fraction of sp³-hybridized carbons (Fsp3) is 0.526. The SMILES string of the molecule is O=C(NC1CCCCC1)[C@@H](c1ccncc1)N(C(=O)c1csnn1)C1CC1. The molecule has 0 spiro atoms. The van der Waals surface area contributed by atoms with E-state index in [4.69, 9.17) is 0 Å². The standard InChI is InChI=1S/C19H23N5O2S/c25-18(21-14-4-2-1-3-5-14)17(13-8-10-20-11-9-13)24(15-6-7-15)19(26)16-12-27-23-22-16/h8-12,14-15,17H,1-7H2,(H,21,25)/t17-/m1/s1. The summed E-state index contributed by atoms with van der Waals surface area (Å²) < 4.78 is 3.81. The minimum absolute atomic E-state index is 0.0643. The number of nitrogens with zero attached hydrogens (tertiary/aromatic N) is 4. The van der Waals surface area contributed by atoms with Crippen LogP contribution >= 0.6 is 11.5 Å². The Balaban J connectivity index is 1.63. The lowest BCUT2D eigenvalue weighted by atomic mass is 9.94. The molecule has 2 aliphatic carbocycles. The van der Waals surface area contributed by atoms with Crippen LogP contribution in [0.15, 0.2) is 29.9 Å². The molecular formula is C19H23N5O2S. The zero-order valence-electron chi connectivity index (χ0n) is 15.1. The van der Waals surface area contributed by atoms with E-state index in [1.165, 1.54) is 6.42 Å². The molecule has 2 aromatic rings. The van der Waals surface area contributed by atoms with Gasteiger partial charge in [-0.3, -0.25) is 14.6 Å². The minimum atomic E-state index is -0.670. The van der Waals surface area contributed by atoms with Gasteiger partial charge in [-0.05, 0) is 54.9 Å². The molecule has 0 aromatic carbocycles. The van der Waals surface area contributed by atoms with Gasteiger partial charge in [0, 0.05) is 29.9 Å². The second-order valence-corrected chi connectivity index (χ2v) is 7.87. The molecule has 2 aliphatic rings. The normalized spacial score (nSPS) is 18.7. The van der Waals surface area contributed by atoms with Crippen molar-refractivity contribution < 1.29 is 9.59 Å². The van der Waals surface area contributed by atoms with Crippen LogP contribution in [-0.4, -0.2) is 43.4 Å². The van der Waals surface area contributed by atoms with E-state index in [9.17, 15) is 9.59 Å². The Morgan fingerprint density at radius 3 is 2.48 bits per heavy atom. The van der Waals surface area contributed by atoms with E-state index in [1.807, 2.05) is 12.1 Å². The van der Waals surface area contributed by atoms with Crippen LogP contribution in [0.1, 0.15) is 67.0 Å². The molecule has 4 rings (SSSR count). The van der Waals surface area contributed by atoms with E-state index < -0.39 is 6.04 Å². The summed E-state index contributed by atoms with van der Waals surface area (Å²) in [6, 6.07) is 3.21. The Labute approximate surface area is 162 Å². The highest BCUT2D eigenvalue weighted by molar-refractivity contribution is 7.03. The molecular weight excluding hydrogens is 362 g/mol. The van der Waals surface area contributed by atoms with E-state index in [1.54, 1.807) is 22.7 Å². The van der Waals surface area contributed by atoms with Gasteiger partial charge in [-0.2, -0.15) is 0 Å². The molecule has 0 radical (unpaired) electrons. The second kappa shape index (κ2) is 8.12. The molecule has 2 aromatic heterocycles. The summed E-state index contributed by atoms with van der Waals surface area (Å²) in [4.78, 5) is 32.2. The Morgan fingerprint density at radius 2 is 1.85 bits per heavy atom. The smallest absolute Gasteiger partial charge is 0.276 e. The molecule has 7 nitrogen and oxygen atoms in total. The summed E-state index contributed by atoms with van der Waals surface area (Å²) in [6.45, 7) is 0. The number of rotatable bonds is 6. The lowest BCUT2D eigenvalue weighted by Gasteiger charge is -2.33. The zero-order valence-corrected chi connectivity index (χ0v) is 15.9. The predicted molar refractivity (Wildman–Crippen MR) is 101 cm³/mol. The number of amides is 2. The van der Waals surface area contributed by atoms with Gasteiger partial charge in [-0.1, -0.05) is 23.8 Å². The molecule has 0 bridgehead atoms. The van der Waals surface area contributed by atoms with E-state index in [0.29, 0.717) is 5.69 Å².